The number of guanidine groups is 1. The SMILES string of the molecule is CSCCC(NC(=O)C(N)CC(N)=O)C(=O)NC(CCC(N)=O)C(=O)NC(CCCN=C(N)N)C(=O)O. The van der Waals surface area contributed by atoms with Gasteiger partial charge in [-0.05, 0) is 37.7 Å². The largest absolute Gasteiger partial charge is 0.480 e. The molecule has 0 saturated carbocycles. The monoisotopic (exact) mass is 547 g/mol. The Morgan fingerprint density at radius 3 is 1.84 bits per heavy atom. The average molecular weight is 548 g/mol. The highest BCUT2D eigenvalue weighted by Crippen LogP contribution is 2.06. The molecule has 0 fully saturated rings. The van der Waals surface area contributed by atoms with E-state index in [9.17, 15) is 33.9 Å². The molecule has 0 rings (SSSR count). The van der Waals surface area contributed by atoms with Crippen molar-refractivity contribution in [3.63, 3.8) is 0 Å². The molecule has 17 heteroatoms. The maximum Gasteiger partial charge on any atom is 0.326 e. The first-order valence-corrected chi connectivity index (χ1v) is 12.7. The third kappa shape index (κ3) is 15.2. The number of hydrogen-bond acceptors (Lipinski definition) is 9. The number of nitrogens with one attached hydrogen (secondary N) is 3. The minimum Gasteiger partial charge on any atom is -0.480 e. The highest BCUT2D eigenvalue weighted by atomic mass is 32.2. The summed E-state index contributed by atoms with van der Waals surface area (Å²) < 4.78 is 0. The molecule has 14 N–H and O–H groups in total. The normalized spacial score (nSPS) is 13.8. The van der Waals surface area contributed by atoms with Crippen molar-refractivity contribution in [2.75, 3.05) is 18.6 Å². The first-order valence-electron chi connectivity index (χ1n) is 11.3. The van der Waals surface area contributed by atoms with E-state index in [4.69, 9.17) is 28.7 Å². The second-order valence-electron chi connectivity index (χ2n) is 8.03. The van der Waals surface area contributed by atoms with Crippen molar-refractivity contribution in [1.82, 2.24) is 16.0 Å². The molecule has 5 amide bonds. The molecule has 0 aliphatic heterocycles. The molecule has 210 valence electrons. The van der Waals surface area contributed by atoms with Crippen LogP contribution in [0.1, 0.15) is 38.5 Å². The smallest absolute Gasteiger partial charge is 0.326 e. The topological polar surface area (TPSA) is 301 Å². The van der Waals surface area contributed by atoms with E-state index in [-0.39, 0.29) is 44.6 Å². The summed E-state index contributed by atoms with van der Waals surface area (Å²) in [6.07, 6.45) is 1.20. The van der Waals surface area contributed by atoms with Gasteiger partial charge in [0.05, 0.1) is 12.5 Å². The Kier molecular flexibility index (Phi) is 16.0. The number of carbonyl (C=O) groups excluding carboxylic acids is 5. The maximum absolute atomic E-state index is 13.0. The Balaban J connectivity index is 5.53. The standard InChI is InChI=1S/C20H37N9O7S/c1-37-8-6-12(27-16(32)10(21)9-15(23)31)18(34)28-11(4-5-14(22)30)17(33)29-13(19(35)36)3-2-7-26-20(24)25/h10-13H,2-9,21H2,1H3,(H2,22,30)(H2,23,31)(H,27,32)(H,28,34)(H,29,33)(H,35,36)(H4,24,25,26). The van der Waals surface area contributed by atoms with E-state index in [1.807, 2.05) is 0 Å². The molecular formula is C20H37N9O7S. The summed E-state index contributed by atoms with van der Waals surface area (Å²) in [5.74, 6) is -5.05. The zero-order valence-electron chi connectivity index (χ0n) is 20.6. The lowest BCUT2D eigenvalue weighted by molar-refractivity contribution is -0.142. The number of rotatable bonds is 19. The van der Waals surface area contributed by atoms with Gasteiger partial charge in [-0.1, -0.05) is 0 Å². The summed E-state index contributed by atoms with van der Waals surface area (Å²) in [6, 6.07) is -5.09. The van der Waals surface area contributed by atoms with E-state index in [2.05, 4.69) is 20.9 Å². The van der Waals surface area contributed by atoms with Crippen molar-refractivity contribution in [1.29, 1.82) is 0 Å². The number of nitrogens with zero attached hydrogens (tertiary/aromatic N) is 1. The highest BCUT2D eigenvalue weighted by Gasteiger charge is 2.30. The van der Waals surface area contributed by atoms with Crippen LogP contribution in [0.5, 0.6) is 0 Å². The fraction of sp³-hybridized carbons (Fsp3) is 0.650. The van der Waals surface area contributed by atoms with Crippen LogP contribution < -0.4 is 44.6 Å². The van der Waals surface area contributed by atoms with Crippen molar-refractivity contribution in [2.45, 2.75) is 62.7 Å². The third-order valence-corrected chi connectivity index (χ3v) is 5.52. The van der Waals surface area contributed by atoms with Gasteiger partial charge in [-0.25, -0.2) is 4.79 Å². The zero-order valence-corrected chi connectivity index (χ0v) is 21.4. The molecule has 0 aliphatic rings. The number of carboxylic acid groups (broad SMARTS) is 1. The quantitative estimate of drug-likeness (QED) is 0.0424. The van der Waals surface area contributed by atoms with Crippen molar-refractivity contribution >= 4 is 53.2 Å². The Bertz CT molecular complexity index is 852. The van der Waals surface area contributed by atoms with Crippen LogP contribution in [0.4, 0.5) is 0 Å². The van der Waals surface area contributed by atoms with Crippen molar-refractivity contribution < 1.29 is 33.9 Å². The lowest BCUT2D eigenvalue weighted by Gasteiger charge is -2.25. The Morgan fingerprint density at radius 1 is 0.811 bits per heavy atom. The summed E-state index contributed by atoms with van der Waals surface area (Å²) in [6.45, 7) is 0.137. The number of nitrogens with two attached hydrogens (primary N) is 5. The summed E-state index contributed by atoms with van der Waals surface area (Å²) >= 11 is 1.39. The van der Waals surface area contributed by atoms with Gasteiger partial charge in [-0.2, -0.15) is 11.8 Å². The molecule has 0 heterocycles. The second-order valence-corrected chi connectivity index (χ2v) is 9.02. The number of primary amides is 2. The lowest BCUT2D eigenvalue weighted by atomic mass is 10.1. The number of carbonyl (C=O) groups is 6. The number of aliphatic imine (C=N–C) groups is 1. The van der Waals surface area contributed by atoms with Gasteiger partial charge in [-0.3, -0.25) is 29.0 Å². The number of aliphatic carboxylic acids is 1. The van der Waals surface area contributed by atoms with Crippen LogP contribution in [0.3, 0.4) is 0 Å². The summed E-state index contributed by atoms with van der Waals surface area (Å²) in [7, 11) is 0. The van der Waals surface area contributed by atoms with Crippen LogP contribution in [0, 0.1) is 0 Å². The zero-order chi connectivity index (χ0) is 28.5. The van der Waals surface area contributed by atoms with Gasteiger partial charge in [0.1, 0.15) is 18.1 Å². The van der Waals surface area contributed by atoms with Crippen LogP contribution in [0.15, 0.2) is 4.99 Å². The van der Waals surface area contributed by atoms with Crippen LogP contribution in [0.25, 0.3) is 0 Å². The van der Waals surface area contributed by atoms with Crippen molar-refractivity contribution in [3.8, 4) is 0 Å². The van der Waals surface area contributed by atoms with Gasteiger partial charge in [0.15, 0.2) is 5.96 Å². The van der Waals surface area contributed by atoms with E-state index in [1.54, 1.807) is 6.26 Å². The molecule has 0 spiro atoms. The van der Waals surface area contributed by atoms with Crippen molar-refractivity contribution in [3.05, 3.63) is 0 Å². The van der Waals surface area contributed by atoms with Crippen LogP contribution in [-0.4, -0.2) is 89.3 Å². The van der Waals surface area contributed by atoms with E-state index in [1.165, 1.54) is 11.8 Å². The summed E-state index contributed by atoms with van der Waals surface area (Å²) in [5, 5.41) is 16.6. The molecule has 0 saturated heterocycles. The van der Waals surface area contributed by atoms with Gasteiger partial charge in [0.2, 0.25) is 29.5 Å². The second kappa shape index (κ2) is 17.8. The molecule has 0 bridgehead atoms. The molecule has 0 aliphatic carbocycles. The van der Waals surface area contributed by atoms with Crippen LogP contribution in [0.2, 0.25) is 0 Å². The lowest BCUT2D eigenvalue weighted by Crippen LogP contribution is -2.57. The number of hydrogen-bond donors (Lipinski definition) is 9. The third-order valence-electron chi connectivity index (χ3n) is 4.87. The molecule has 0 aromatic carbocycles. The maximum atomic E-state index is 13.0. The predicted octanol–water partition coefficient (Wildman–Crippen LogP) is -4.20. The molecule has 37 heavy (non-hydrogen) atoms. The molecular weight excluding hydrogens is 510 g/mol. The molecule has 0 aromatic rings. The Hall–Kier alpha value is -3.60. The van der Waals surface area contributed by atoms with Gasteiger partial charge < -0.3 is 49.7 Å². The van der Waals surface area contributed by atoms with E-state index < -0.39 is 66.1 Å². The van der Waals surface area contributed by atoms with Gasteiger partial charge in [-0.15, -0.1) is 0 Å². The van der Waals surface area contributed by atoms with Gasteiger partial charge >= 0.3 is 5.97 Å². The fourth-order valence-electron chi connectivity index (χ4n) is 2.95. The average Bonchev–Trinajstić information content (AvgIpc) is 2.79. The first kappa shape index (κ1) is 33.4. The molecule has 0 aromatic heterocycles. The number of amides is 5. The van der Waals surface area contributed by atoms with Crippen LogP contribution >= 0.6 is 11.8 Å². The van der Waals surface area contributed by atoms with Gasteiger partial charge in [0, 0.05) is 13.0 Å². The molecule has 16 nitrogen and oxygen atoms in total. The molecule has 4 unspecified atom stereocenters. The van der Waals surface area contributed by atoms with Crippen LogP contribution in [-0.2, 0) is 28.8 Å². The fourth-order valence-corrected chi connectivity index (χ4v) is 3.43. The molecule has 0 radical (unpaired) electrons. The molecule has 4 atom stereocenters. The minimum atomic E-state index is -1.34. The highest BCUT2D eigenvalue weighted by molar-refractivity contribution is 7.98. The summed E-state index contributed by atoms with van der Waals surface area (Å²) in [4.78, 5) is 75.8. The van der Waals surface area contributed by atoms with Gasteiger partial charge in [0.25, 0.3) is 0 Å². The number of carboxylic acids is 1. The Labute approximate surface area is 218 Å². The van der Waals surface area contributed by atoms with E-state index >= 15 is 0 Å². The first-order chi connectivity index (χ1) is 17.3. The van der Waals surface area contributed by atoms with E-state index in [0.29, 0.717) is 5.75 Å². The van der Waals surface area contributed by atoms with E-state index in [0.717, 1.165) is 0 Å². The van der Waals surface area contributed by atoms with Crippen molar-refractivity contribution in [2.24, 2.45) is 33.7 Å². The minimum absolute atomic E-state index is 0.0154. The predicted molar refractivity (Wildman–Crippen MR) is 137 cm³/mol. The number of thioether (sulfide) groups is 1. The summed E-state index contributed by atoms with van der Waals surface area (Å²) in [5.41, 5.74) is 26.3. The Morgan fingerprint density at radius 2 is 1.35 bits per heavy atom.